The third-order valence-electron chi connectivity index (χ3n) is 2.83. The van der Waals surface area contributed by atoms with Gasteiger partial charge in [-0.05, 0) is 18.2 Å². The monoisotopic (exact) mass is 305 g/mol. The van der Waals surface area contributed by atoms with Gasteiger partial charge in [-0.15, -0.1) is 11.3 Å². The fourth-order valence-electron chi connectivity index (χ4n) is 1.85. The molecule has 20 heavy (non-hydrogen) atoms. The summed E-state index contributed by atoms with van der Waals surface area (Å²) < 4.78 is 0.734. The minimum atomic E-state index is -1.18. The number of fused-ring (bicyclic) bond motifs is 1. The van der Waals surface area contributed by atoms with Gasteiger partial charge in [-0.25, -0.2) is 9.78 Å². The first-order valence-electron chi connectivity index (χ1n) is 5.67. The van der Waals surface area contributed by atoms with Crippen molar-refractivity contribution in [2.75, 3.05) is 0 Å². The lowest BCUT2D eigenvalue weighted by Crippen LogP contribution is -1.96. The number of hydrogen-bond acceptors (Lipinski definition) is 4. The molecule has 0 bridgehead atoms. The normalized spacial score (nSPS) is 10.8. The molecule has 2 aromatic carbocycles. The Morgan fingerprint density at radius 3 is 2.55 bits per heavy atom. The van der Waals surface area contributed by atoms with Crippen molar-refractivity contribution in [3.05, 3.63) is 47.0 Å². The van der Waals surface area contributed by atoms with E-state index >= 15 is 0 Å². The van der Waals surface area contributed by atoms with Crippen molar-refractivity contribution < 1.29 is 15.0 Å². The van der Waals surface area contributed by atoms with Gasteiger partial charge in [0.2, 0.25) is 0 Å². The lowest BCUT2D eigenvalue weighted by Gasteiger charge is -1.97. The van der Waals surface area contributed by atoms with Gasteiger partial charge < -0.3 is 10.2 Å². The van der Waals surface area contributed by atoms with E-state index in [4.69, 9.17) is 16.7 Å². The van der Waals surface area contributed by atoms with Crippen LogP contribution in [-0.4, -0.2) is 21.2 Å². The number of phenols is 1. The van der Waals surface area contributed by atoms with Crippen molar-refractivity contribution in [1.29, 1.82) is 0 Å². The van der Waals surface area contributed by atoms with Crippen LogP contribution < -0.4 is 0 Å². The highest BCUT2D eigenvalue weighted by atomic mass is 35.5. The van der Waals surface area contributed by atoms with Crippen molar-refractivity contribution in [3.8, 4) is 16.3 Å². The van der Waals surface area contributed by atoms with E-state index in [1.807, 2.05) is 12.1 Å². The summed E-state index contributed by atoms with van der Waals surface area (Å²) >= 11 is 7.22. The SMILES string of the molecule is O=C(O)c1cc2nc(-c3ccc(Cl)cc3)sc2cc1O. The summed E-state index contributed by atoms with van der Waals surface area (Å²) in [4.78, 5) is 15.4. The molecule has 6 heteroatoms. The number of rotatable bonds is 2. The van der Waals surface area contributed by atoms with Crippen LogP contribution in [0.4, 0.5) is 0 Å². The maximum atomic E-state index is 11.0. The Bertz CT molecular complexity index is 811. The van der Waals surface area contributed by atoms with Crippen LogP contribution in [0.25, 0.3) is 20.8 Å². The quantitative estimate of drug-likeness (QED) is 0.750. The fraction of sp³-hybridized carbons (Fsp3) is 0. The molecular formula is C14H8ClNO3S. The lowest BCUT2D eigenvalue weighted by molar-refractivity contribution is 0.0694. The second-order valence-electron chi connectivity index (χ2n) is 4.17. The molecule has 0 aliphatic rings. The number of nitrogens with zero attached hydrogens (tertiary/aromatic N) is 1. The Kier molecular flexibility index (Phi) is 3.08. The fourth-order valence-corrected chi connectivity index (χ4v) is 2.96. The number of carbonyl (C=O) groups is 1. The van der Waals surface area contributed by atoms with Gasteiger partial charge in [0.15, 0.2) is 0 Å². The third kappa shape index (κ3) is 2.21. The molecule has 4 nitrogen and oxygen atoms in total. The van der Waals surface area contributed by atoms with Crippen molar-refractivity contribution in [2.24, 2.45) is 0 Å². The van der Waals surface area contributed by atoms with Gasteiger partial charge in [-0.3, -0.25) is 0 Å². The second kappa shape index (κ2) is 4.77. The first-order chi connectivity index (χ1) is 9.54. The molecule has 0 radical (unpaired) electrons. The van der Waals surface area contributed by atoms with E-state index in [1.165, 1.54) is 23.5 Å². The molecule has 1 aromatic heterocycles. The molecule has 0 spiro atoms. The van der Waals surface area contributed by atoms with Gasteiger partial charge in [0, 0.05) is 16.7 Å². The molecule has 0 fully saturated rings. The van der Waals surface area contributed by atoms with Gasteiger partial charge in [-0.1, -0.05) is 23.7 Å². The predicted molar refractivity (Wildman–Crippen MR) is 78.7 cm³/mol. The number of carboxylic acid groups (broad SMARTS) is 1. The topological polar surface area (TPSA) is 70.4 Å². The lowest BCUT2D eigenvalue weighted by atomic mass is 10.2. The smallest absolute Gasteiger partial charge is 0.339 e. The number of benzene rings is 2. The van der Waals surface area contributed by atoms with Crippen LogP contribution in [0, 0.1) is 0 Å². The summed E-state index contributed by atoms with van der Waals surface area (Å²) in [5, 5.41) is 20.0. The Morgan fingerprint density at radius 1 is 1.20 bits per heavy atom. The molecule has 0 saturated heterocycles. The Morgan fingerprint density at radius 2 is 1.90 bits per heavy atom. The molecule has 0 saturated carbocycles. The minimum absolute atomic E-state index is 0.148. The molecule has 3 rings (SSSR count). The first-order valence-corrected chi connectivity index (χ1v) is 6.87. The zero-order valence-electron chi connectivity index (χ0n) is 10.0. The number of hydrogen-bond donors (Lipinski definition) is 2. The number of aromatic carboxylic acids is 1. The van der Waals surface area contributed by atoms with E-state index in [0.29, 0.717) is 10.5 Å². The van der Waals surface area contributed by atoms with E-state index in [1.54, 1.807) is 12.1 Å². The van der Waals surface area contributed by atoms with E-state index in [0.717, 1.165) is 15.3 Å². The highest BCUT2D eigenvalue weighted by Gasteiger charge is 2.14. The summed E-state index contributed by atoms with van der Waals surface area (Å²) in [5.41, 5.74) is 1.30. The van der Waals surface area contributed by atoms with Crippen LogP contribution in [0.3, 0.4) is 0 Å². The molecule has 0 aliphatic carbocycles. The molecule has 0 aliphatic heterocycles. The highest BCUT2D eigenvalue weighted by molar-refractivity contribution is 7.21. The maximum Gasteiger partial charge on any atom is 0.339 e. The molecule has 0 unspecified atom stereocenters. The summed E-state index contributed by atoms with van der Waals surface area (Å²) in [7, 11) is 0. The Hall–Kier alpha value is -2.11. The van der Waals surface area contributed by atoms with Gasteiger partial charge in [0.1, 0.15) is 16.3 Å². The van der Waals surface area contributed by atoms with Gasteiger partial charge in [-0.2, -0.15) is 0 Å². The zero-order valence-corrected chi connectivity index (χ0v) is 11.6. The number of carboxylic acids is 1. The van der Waals surface area contributed by atoms with Gasteiger partial charge in [0.05, 0.1) is 10.2 Å². The van der Waals surface area contributed by atoms with Crippen LogP contribution in [0.2, 0.25) is 5.02 Å². The first kappa shape index (κ1) is 12.9. The third-order valence-corrected chi connectivity index (χ3v) is 4.15. The number of aromatic nitrogens is 1. The molecule has 0 atom stereocenters. The largest absolute Gasteiger partial charge is 0.507 e. The number of aromatic hydroxyl groups is 1. The predicted octanol–water partition coefficient (Wildman–Crippen LogP) is 4.02. The zero-order chi connectivity index (χ0) is 14.3. The average molecular weight is 306 g/mol. The summed E-state index contributed by atoms with van der Waals surface area (Å²) in [6, 6.07) is 10.0. The van der Waals surface area contributed by atoms with Gasteiger partial charge in [0.25, 0.3) is 0 Å². The Balaban J connectivity index is 2.15. The van der Waals surface area contributed by atoms with Crippen LogP contribution in [0.1, 0.15) is 10.4 Å². The van der Waals surface area contributed by atoms with Crippen LogP contribution in [-0.2, 0) is 0 Å². The maximum absolute atomic E-state index is 11.0. The molecule has 2 N–H and O–H groups in total. The molecule has 0 amide bonds. The van der Waals surface area contributed by atoms with Crippen molar-refractivity contribution in [1.82, 2.24) is 4.98 Å². The van der Waals surface area contributed by atoms with Crippen molar-refractivity contribution in [2.45, 2.75) is 0 Å². The summed E-state index contributed by atoms with van der Waals surface area (Å²) in [6.45, 7) is 0. The van der Waals surface area contributed by atoms with Crippen molar-refractivity contribution >= 4 is 39.1 Å². The van der Waals surface area contributed by atoms with Crippen LogP contribution >= 0.6 is 22.9 Å². The molecule has 3 aromatic rings. The number of halogens is 1. The molecule has 1 heterocycles. The minimum Gasteiger partial charge on any atom is -0.507 e. The Labute approximate surface area is 122 Å². The summed E-state index contributed by atoms with van der Waals surface area (Å²) in [6.07, 6.45) is 0. The second-order valence-corrected chi connectivity index (χ2v) is 5.64. The number of thiazole rings is 1. The van der Waals surface area contributed by atoms with Crippen LogP contribution in [0.15, 0.2) is 36.4 Å². The van der Waals surface area contributed by atoms with E-state index in [-0.39, 0.29) is 11.3 Å². The molecule has 100 valence electrons. The standard InChI is InChI=1S/C14H8ClNO3S/c15-8-3-1-7(2-4-8)13-16-10-5-9(14(18)19)11(17)6-12(10)20-13/h1-6,17H,(H,18,19). The van der Waals surface area contributed by atoms with Crippen molar-refractivity contribution in [3.63, 3.8) is 0 Å². The molecular weight excluding hydrogens is 298 g/mol. The highest BCUT2D eigenvalue weighted by Crippen LogP contribution is 2.34. The van der Waals surface area contributed by atoms with Gasteiger partial charge >= 0.3 is 5.97 Å². The summed E-state index contributed by atoms with van der Waals surface area (Å²) in [5.74, 6) is -1.43. The average Bonchev–Trinajstić information content (AvgIpc) is 2.81. The van der Waals surface area contributed by atoms with E-state index in [2.05, 4.69) is 4.98 Å². The van der Waals surface area contributed by atoms with E-state index in [9.17, 15) is 9.90 Å². The van der Waals surface area contributed by atoms with E-state index < -0.39 is 5.97 Å². The van der Waals surface area contributed by atoms with Crippen LogP contribution in [0.5, 0.6) is 5.75 Å².